The van der Waals surface area contributed by atoms with Crippen LogP contribution in [0.25, 0.3) is 0 Å². The summed E-state index contributed by atoms with van der Waals surface area (Å²) in [5.74, 6) is 2.17. The first-order chi connectivity index (χ1) is 11.2. The topological polar surface area (TPSA) is 54.3 Å². The summed E-state index contributed by atoms with van der Waals surface area (Å²) in [6, 6.07) is 4.49. The van der Waals surface area contributed by atoms with Gasteiger partial charge in [0.25, 0.3) is 0 Å². The number of carbonyl (C=O) groups is 1. The number of amides is 1. The zero-order valence-corrected chi connectivity index (χ0v) is 14.1. The maximum absolute atomic E-state index is 12.8. The first-order valence-electron chi connectivity index (χ1n) is 8.16. The van der Waals surface area contributed by atoms with E-state index in [1.807, 2.05) is 6.92 Å². The van der Waals surface area contributed by atoms with Gasteiger partial charge < -0.3 is 9.47 Å². The highest BCUT2D eigenvalue weighted by Crippen LogP contribution is 2.34. The SMILES string of the molecule is Cc1nnc2n1CCN(CC(=O)N1CCC[C@H]1c1cccs1)C2. The number of fused-ring (bicyclic) bond motifs is 1. The minimum absolute atomic E-state index is 0.241. The van der Waals surface area contributed by atoms with Crippen molar-refractivity contribution in [1.29, 1.82) is 0 Å². The molecule has 2 aliphatic rings. The van der Waals surface area contributed by atoms with Gasteiger partial charge in [0.15, 0.2) is 0 Å². The van der Waals surface area contributed by atoms with E-state index in [1.54, 1.807) is 11.3 Å². The largest absolute Gasteiger partial charge is 0.334 e. The number of nitrogens with zero attached hydrogens (tertiary/aromatic N) is 5. The van der Waals surface area contributed by atoms with E-state index in [0.717, 1.165) is 44.1 Å². The molecule has 2 aromatic rings. The van der Waals surface area contributed by atoms with Crippen LogP contribution in [-0.4, -0.2) is 50.1 Å². The van der Waals surface area contributed by atoms with Crippen molar-refractivity contribution in [1.82, 2.24) is 24.6 Å². The lowest BCUT2D eigenvalue weighted by molar-refractivity contribution is -0.133. The van der Waals surface area contributed by atoms with Gasteiger partial charge in [-0.05, 0) is 31.2 Å². The predicted octanol–water partition coefficient (Wildman–Crippen LogP) is 1.83. The smallest absolute Gasteiger partial charge is 0.237 e. The monoisotopic (exact) mass is 331 g/mol. The third-order valence-electron chi connectivity index (χ3n) is 4.82. The molecule has 0 saturated carbocycles. The van der Waals surface area contributed by atoms with Crippen LogP contribution in [0.1, 0.15) is 35.4 Å². The van der Waals surface area contributed by atoms with Gasteiger partial charge in [0.1, 0.15) is 11.6 Å². The van der Waals surface area contributed by atoms with Crippen LogP contribution in [0.4, 0.5) is 0 Å². The Morgan fingerprint density at radius 3 is 3.09 bits per heavy atom. The van der Waals surface area contributed by atoms with E-state index < -0.39 is 0 Å². The molecule has 0 spiro atoms. The molecular formula is C16H21N5OS. The van der Waals surface area contributed by atoms with Crippen molar-refractivity contribution in [3.8, 4) is 0 Å². The molecule has 4 rings (SSSR count). The van der Waals surface area contributed by atoms with Gasteiger partial charge in [-0.1, -0.05) is 6.07 Å². The molecule has 122 valence electrons. The van der Waals surface area contributed by atoms with Crippen molar-refractivity contribution in [2.24, 2.45) is 0 Å². The molecular weight excluding hydrogens is 310 g/mol. The van der Waals surface area contributed by atoms with Crippen LogP contribution in [-0.2, 0) is 17.9 Å². The molecule has 1 atom stereocenters. The normalized spacial score (nSPS) is 21.6. The van der Waals surface area contributed by atoms with Gasteiger partial charge >= 0.3 is 0 Å². The van der Waals surface area contributed by atoms with Crippen molar-refractivity contribution < 1.29 is 4.79 Å². The number of rotatable bonds is 3. The first kappa shape index (κ1) is 14.8. The third kappa shape index (κ3) is 2.79. The standard InChI is InChI=1S/C16H21N5OS/c1-12-17-18-15-10-19(7-8-20(12)15)11-16(22)21-6-2-4-13(21)14-5-3-9-23-14/h3,5,9,13H,2,4,6-8,10-11H2,1H3/t13-/m0/s1. The van der Waals surface area contributed by atoms with Crippen LogP contribution < -0.4 is 0 Å². The molecule has 0 aromatic carbocycles. The average molecular weight is 331 g/mol. The first-order valence-corrected chi connectivity index (χ1v) is 9.04. The summed E-state index contributed by atoms with van der Waals surface area (Å²) >= 11 is 1.75. The Kier molecular flexibility index (Phi) is 3.90. The number of thiophene rings is 1. The predicted molar refractivity (Wildman–Crippen MR) is 88.0 cm³/mol. The number of likely N-dealkylation sites (tertiary alicyclic amines) is 1. The van der Waals surface area contributed by atoms with Crippen molar-refractivity contribution >= 4 is 17.2 Å². The summed E-state index contributed by atoms with van der Waals surface area (Å²) in [6.45, 7) is 5.81. The average Bonchev–Trinajstić information content (AvgIpc) is 3.27. The van der Waals surface area contributed by atoms with E-state index in [1.165, 1.54) is 4.88 Å². The Balaban J connectivity index is 1.42. The maximum atomic E-state index is 12.8. The van der Waals surface area contributed by atoms with E-state index in [9.17, 15) is 4.79 Å². The molecule has 0 N–H and O–H groups in total. The van der Waals surface area contributed by atoms with E-state index >= 15 is 0 Å². The fraction of sp³-hybridized carbons (Fsp3) is 0.562. The highest BCUT2D eigenvalue weighted by Gasteiger charge is 2.32. The van der Waals surface area contributed by atoms with Gasteiger partial charge in [-0.25, -0.2) is 0 Å². The van der Waals surface area contributed by atoms with Crippen LogP contribution in [0.15, 0.2) is 17.5 Å². The lowest BCUT2D eigenvalue weighted by Gasteiger charge is -2.30. The Morgan fingerprint density at radius 1 is 1.35 bits per heavy atom. The molecule has 0 aliphatic carbocycles. The summed E-state index contributed by atoms with van der Waals surface area (Å²) in [6.07, 6.45) is 2.18. The highest BCUT2D eigenvalue weighted by atomic mass is 32.1. The van der Waals surface area contributed by atoms with Gasteiger partial charge in [0, 0.05) is 24.5 Å². The molecule has 0 bridgehead atoms. The molecule has 0 radical (unpaired) electrons. The van der Waals surface area contributed by atoms with Crippen LogP contribution in [0.3, 0.4) is 0 Å². The van der Waals surface area contributed by atoms with E-state index in [2.05, 4.69) is 42.1 Å². The molecule has 1 saturated heterocycles. The number of hydrogen-bond donors (Lipinski definition) is 0. The maximum Gasteiger partial charge on any atom is 0.237 e. The zero-order chi connectivity index (χ0) is 15.8. The number of aromatic nitrogens is 3. The van der Waals surface area contributed by atoms with E-state index in [4.69, 9.17) is 0 Å². The van der Waals surface area contributed by atoms with Crippen molar-refractivity contribution in [2.45, 2.75) is 38.9 Å². The fourth-order valence-corrected chi connectivity index (χ4v) is 4.49. The quantitative estimate of drug-likeness (QED) is 0.861. The zero-order valence-electron chi connectivity index (χ0n) is 13.3. The van der Waals surface area contributed by atoms with Gasteiger partial charge in [-0.2, -0.15) is 0 Å². The lowest BCUT2D eigenvalue weighted by Crippen LogP contribution is -2.43. The second-order valence-electron chi connectivity index (χ2n) is 6.29. The fourth-order valence-electron chi connectivity index (χ4n) is 3.61. The number of aryl methyl sites for hydroxylation is 1. The molecule has 2 aromatic heterocycles. The molecule has 4 heterocycles. The Hall–Kier alpha value is -1.73. The van der Waals surface area contributed by atoms with Gasteiger partial charge in [-0.15, -0.1) is 21.5 Å². The summed E-state index contributed by atoms with van der Waals surface area (Å²) in [4.78, 5) is 18.3. The minimum Gasteiger partial charge on any atom is -0.334 e. The summed E-state index contributed by atoms with van der Waals surface area (Å²) in [7, 11) is 0. The number of carbonyl (C=O) groups excluding carboxylic acids is 1. The molecule has 1 amide bonds. The summed E-state index contributed by atoms with van der Waals surface area (Å²) < 4.78 is 2.14. The Labute approximate surface area is 139 Å². The van der Waals surface area contributed by atoms with Crippen LogP contribution in [0.2, 0.25) is 0 Å². The van der Waals surface area contributed by atoms with Gasteiger partial charge in [-0.3, -0.25) is 9.69 Å². The van der Waals surface area contributed by atoms with E-state index in [0.29, 0.717) is 13.1 Å². The highest BCUT2D eigenvalue weighted by molar-refractivity contribution is 7.10. The molecule has 6 nitrogen and oxygen atoms in total. The Morgan fingerprint density at radius 2 is 2.26 bits per heavy atom. The molecule has 1 fully saturated rings. The molecule has 23 heavy (non-hydrogen) atoms. The minimum atomic E-state index is 0.241. The van der Waals surface area contributed by atoms with Crippen molar-refractivity contribution in [2.75, 3.05) is 19.6 Å². The molecule has 2 aliphatic heterocycles. The van der Waals surface area contributed by atoms with Crippen LogP contribution in [0.5, 0.6) is 0 Å². The summed E-state index contributed by atoms with van der Waals surface area (Å²) in [5.41, 5.74) is 0. The van der Waals surface area contributed by atoms with Gasteiger partial charge in [0.2, 0.25) is 5.91 Å². The lowest BCUT2D eigenvalue weighted by atomic mass is 10.2. The molecule has 0 unspecified atom stereocenters. The third-order valence-corrected chi connectivity index (χ3v) is 5.79. The van der Waals surface area contributed by atoms with Crippen LogP contribution >= 0.6 is 11.3 Å². The van der Waals surface area contributed by atoms with E-state index in [-0.39, 0.29) is 11.9 Å². The summed E-state index contributed by atoms with van der Waals surface area (Å²) in [5, 5.41) is 10.4. The van der Waals surface area contributed by atoms with Crippen LogP contribution in [0, 0.1) is 6.92 Å². The Bertz CT molecular complexity index is 695. The van der Waals surface area contributed by atoms with Gasteiger partial charge in [0.05, 0.1) is 19.1 Å². The van der Waals surface area contributed by atoms with Crippen molar-refractivity contribution in [3.05, 3.63) is 34.0 Å². The second kappa shape index (κ2) is 6.05. The van der Waals surface area contributed by atoms with Crippen molar-refractivity contribution in [3.63, 3.8) is 0 Å². The second-order valence-corrected chi connectivity index (χ2v) is 7.27. The molecule has 7 heteroatoms. The number of hydrogen-bond acceptors (Lipinski definition) is 5.